The fourth-order valence-electron chi connectivity index (χ4n) is 2.75. The van der Waals surface area contributed by atoms with Gasteiger partial charge in [-0.1, -0.05) is 26.2 Å². The Bertz CT molecular complexity index is 638. The number of ether oxygens (including phenoxy) is 4. The van der Waals surface area contributed by atoms with Crippen LogP contribution in [0.15, 0.2) is 24.0 Å². The first-order chi connectivity index (χ1) is 13.2. The summed E-state index contributed by atoms with van der Waals surface area (Å²) in [6.07, 6.45) is 5.33. The number of carbonyl (C=O) groups excluding carboxylic acids is 1. The van der Waals surface area contributed by atoms with Gasteiger partial charge in [0.25, 0.3) is 0 Å². The van der Waals surface area contributed by atoms with E-state index in [1.165, 1.54) is 12.8 Å². The summed E-state index contributed by atoms with van der Waals surface area (Å²) >= 11 is 0. The van der Waals surface area contributed by atoms with Crippen molar-refractivity contribution in [2.75, 3.05) is 26.4 Å². The summed E-state index contributed by atoms with van der Waals surface area (Å²) < 4.78 is 21.9. The Hall–Kier alpha value is -2.37. The molecular formula is C21H30O6. The third-order valence-corrected chi connectivity index (χ3v) is 4.20. The summed E-state index contributed by atoms with van der Waals surface area (Å²) in [5.74, 6) is 1.55. The van der Waals surface area contributed by atoms with E-state index >= 15 is 0 Å². The zero-order chi connectivity index (χ0) is 19.5. The summed E-state index contributed by atoms with van der Waals surface area (Å²) in [5.41, 5.74) is 0.563. The average molecular weight is 378 g/mol. The first-order valence-corrected chi connectivity index (χ1v) is 9.76. The number of carbonyl (C=O) groups is 1. The molecule has 0 spiro atoms. The smallest absolute Gasteiger partial charge is 0.305 e. The molecule has 1 aromatic carbocycles. The van der Waals surface area contributed by atoms with Crippen molar-refractivity contribution in [3.63, 3.8) is 0 Å². The minimum absolute atomic E-state index is 0.101. The number of esters is 1. The van der Waals surface area contributed by atoms with Crippen LogP contribution in [0.4, 0.5) is 0 Å². The summed E-state index contributed by atoms with van der Waals surface area (Å²) in [6, 6.07) is 5.28. The molecule has 1 N–H and O–H groups in total. The molecule has 0 aliphatic carbocycles. The molecule has 0 saturated carbocycles. The predicted molar refractivity (Wildman–Crippen MR) is 103 cm³/mol. The molecule has 0 unspecified atom stereocenters. The third kappa shape index (κ3) is 6.70. The SMILES string of the molecule is CCCCCCOC1=C(O)c2cc(OCCCC(=O)OCC)ccc2OC1. The topological polar surface area (TPSA) is 74.2 Å². The Morgan fingerprint density at radius 1 is 1.11 bits per heavy atom. The molecule has 0 fully saturated rings. The Morgan fingerprint density at radius 2 is 1.93 bits per heavy atom. The van der Waals surface area contributed by atoms with Crippen LogP contribution in [0, 0.1) is 0 Å². The lowest BCUT2D eigenvalue weighted by Crippen LogP contribution is -2.14. The molecule has 0 atom stereocenters. The van der Waals surface area contributed by atoms with Crippen molar-refractivity contribution in [2.24, 2.45) is 0 Å². The molecule has 1 heterocycles. The first kappa shape index (κ1) is 20.9. The maximum atomic E-state index is 11.3. The van der Waals surface area contributed by atoms with E-state index in [2.05, 4.69) is 6.92 Å². The maximum absolute atomic E-state index is 11.3. The molecule has 150 valence electrons. The van der Waals surface area contributed by atoms with Crippen LogP contribution in [0.25, 0.3) is 5.76 Å². The zero-order valence-corrected chi connectivity index (χ0v) is 16.3. The van der Waals surface area contributed by atoms with Crippen molar-refractivity contribution in [2.45, 2.75) is 52.4 Å². The van der Waals surface area contributed by atoms with E-state index in [9.17, 15) is 9.90 Å². The predicted octanol–water partition coefficient (Wildman–Crippen LogP) is 4.62. The fraction of sp³-hybridized carbons (Fsp3) is 0.571. The number of fused-ring (bicyclic) bond motifs is 1. The summed E-state index contributed by atoms with van der Waals surface area (Å²) in [7, 11) is 0. The van der Waals surface area contributed by atoms with E-state index in [4.69, 9.17) is 18.9 Å². The number of rotatable bonds is 12. The minimum Gasteiger partial charge on any atom is -0.504 e. The van der Waals surface area contributed by atoms with Gasteiger partial charge in [0.1, 0.15) is 18.1 Å². The summed E-state index contributed by atoms with van der Waals surface area (Å²) in [4.78, 5) is 11.3. The molecule has 1 aliphatic heterocycles. The number of hydrogen-bond donors (Lipinski definition) is 1. The lowest BCUT2D eigenvalue weighted by Gasteiger charge is -2.21. The van der Waals surface area contributed by atoms with Crippen LogP contribution in [-0.2, 0) is 14.3 Å². The Labute approximate surface area is 161 Å². The van der Waals surface area contributed by atoms with Crippen LogP contribution in [0.3, 0.4) is 0 Å². The molecule has 1 aromatic rings. The fourth-order valence-corrected chi connectivity index (χ4v) is 2.75. The molecule has 0 aromatic heterocycles. The summed E-state index contributed by atoms with van der Waals surface area (Å²) in [5, 5.41) is 10.5. The van der Waals surface area contributed by atoms with Crippen LogP contribution in [-0.4, -0.2) is 37.5 Å². The minimum atomic E-state index is -0.221. The maximum Gasteiger partial charge on any atom is 0.305 e. The highest BCUT2D eigenvalue weighted by atomic mass is 16.5. The highest BCUT2D eigenvalue weighted by Crippen LogP contribution is 2.34. The van der Waals surface area contributed by atoms with Crippen molar-refractivity contribution >= 4 is 11.7 Å². The molecule has 27 heavy (non-hydrogen) atoms. The lowest BCUT2D eigenvalue weighted by molar-refractivity contribution is -0.143. The van der Waals surface area contributed by atoms with Gasteiger partial charge in [0.05, 0.1) is 25.4 Å². The Morgan fingerprint density at radius 3 is 2.70 bits per heavy atom. The van der Waals surface area contributed by atoms with Gasteiger partial charge in [-0.2, -0.15) is 0 Å². The van der Waals surface area contributed by atoms with Gasteiger partial charge in [0, 0.05) is 6.42 Å². The van der Waals surface area contributed by atoms with E-state index in [-0.39, 0.29) is 18.3 Å². The highest BCUT2D eigenvalue weighted by Gasteiger charge is 2.21. The van der Waals surface area contributed by atoms with Gasteiger partial charge < -0.3 is 24.1 Å². The molecular weight excluding hydrogens is 348 g/mol. The van der Waals surface area contributed by atoms with Crippen molar-refractivity contribution < 1.29 is 28.8 Å². The van der Waals surface area contributed by atoms with Crippen molar-refractivity contribution in [3.05, 3.63) is 29.5 Å². The van der Waals surface area contributed by atoms with E-state index in [1.807, 2.05) is 0 Å². The average Bonchev–Trinajstić information content (AvgIpc) is 2.67. The van der Waals surface area contributed by atoms with Gasteiger partial charge in [-0.25, -0.2) is 0 Å². The number of aliphatic hydroxyl groups excluding tert-OH is 1. The standard InChI is InChI=1S/C21H30O6/c1-3-5-6-7-12-26-19-15-27-18-11-10-16(14-17(18)21(19)23)25-13-8-9-20(22)24-4-2/h10-11,14,23H,3-9,12-13,15H2,1-2H3. The largest absolute Gasteiger partial charge is 0.504 e. The second-order valence-electron chi connectivity index (χ2n) is 6.38. The van der Waals surface area contributed by atoms with Gasteiger partial charge in [-0.3, -0.25) is 4.79 Å². The highest BCUT2D eigenvalue weighted by molar-refractivity contribution is 5.70. The van der Waals surface area contributed by atoms with Gasteiger partial charge in [-0.05, 0) is 38.0 Å². The van der Waals surface area contributed by atoms with Crippen LogP contribution >= 0.6 is 0 Å². The van der Waals surface area contributed by atoms with E-state index < -0.39 is 0 Å². The molecule has 0 amide bonds. The van der Waals surface area contributed by atoms with Crippen LogP contribution in [0.2, 0.25) is 0 Å². The van der Waals surface area contributed by atoms with Gasteiger partial charge in [0.15, 0.2) is 11.5 Å². The number of unbranched alkanes of at least 4 members (excludes halogenated alkanes) is 3. The molecule has 2 rings (SSSR count). The monoisotopic (exact) mass is 378 g/mol. The Kier molecular flexibility index (Phi) is 8.81. The van der Waals surface area contributed by atoms with Gasteiger partial charge in [-0.15, -0.1) is 0 Å². The first-order valence-electron chi connectivity index (χ1n) is 9.76. The number of benzene rings is 1. The second kappa shape index (κ2) is 11.4. The van der Waals surface area contributed by atoms with Crippen molar-refractivity contribution in [1.29, 1.82) is 0 Å². The third-order valence-electron chi connectivity index (χ3n) is 4.20. The van der Waals surface area contributed by atoms with E-state index in [0.29, 0.717) is 55.5 Å². The van der Waals surface area contributed by atoms with Crippen LogP contribution in [0.1, 0.15) is 57.9 Å². The molecule has 0 saturated heterocycles. The van der Waals surface area contributed by atoms with Crippen molar-refractivity contribution in [1.82, 2.24) is 0 Å². The van der Waals surface area contributed by atoms with E-state index in [1.54, 1.807) is 25.1 Å². The van der Waals surface area contributed by atoms with Gasteiger partial charge >= 0.3 is 5.97 Å². The second-order valence-corrected chi connectivity index (χ2v) is 6.38. The lowest BCUT2D eigenvalue weighted by atomic mass is 10.1. The number of hydrogen-bond acceptors (Lipinski definition) is 6. The quantitative estimate of drug-likeness (QED) is 0.422. The van der Waals surface area contributed by atoms with Crippen molar-refractivity contribution in [3.8, 4) is 11.5 Å². The molecule has 6 heteroatoms. The molecule has 1 aliphatic rings. The van der Waals surface area contributed by atoms with Gasteiger partial charge in [0.2, 0.25) is 0 Å². The van der Waals surface area contributed by atoms with Crippen LogP contribution < -0.4 is 9.47 Å². The number of aliphatic hydroxyl groups is 1. The zero-order valence-electron chi connectivity index (χ0n) is 16.3. The van der Waals surface area contributed by atoms with Crippen LogP contribution in [0.5, 0.6) is 11.5 Å². The Balaban J connectivity index is 1.88. The summed E-state index contributed by atoms with van der Waals surface area (Å²) in [6.45, 7) is 5.53. The normalized spacial score (nSPS) is 13.0. The molecule has 0 bridgehead atoms. The van der Waals surface area contributed by atoms with E-state index in [0.717, 1.165) is 12.8 Å². The molecule has 0 radical (unpaired) electrons. The molecule has 6 nitrogen and oxygen atoms in total.